The lowest BCUT2D eigenvalue weighted by atomic mass is 10.2. The number of anilines is 2. The summed E-state index contributed by atoms with van der Waals surface area (Å²) < 4.78 is 0. The second-order valence-electron chi connectivity index (χ2n) is 4.31. The summed E-state index contributed by atoms with van der Waals surface area (Å²) in [6.07, 6.45) is 2.43. The Kier molecular flexibility index (Phi) is 4.14. The van der Waals surface area contributed by atoms with Gasteiger partial charge in [-0.05, 0) is 30.7 Å². The molecule has 2 rings (SSSR count). The van der Waals surface area contributed by atoms with E-state index in [1.54, 1.807) is 18.5 Å². The van der Waals surface area contributed by atoms with Gasteiger partial charge in [0.1, 0.15) is 12.1 Å². The molecular weight excluding hydrogens is 254 g/mol. The van der Waals surface area contributed by atoms with Crippen LogP contribution in [0.2, 0.25) is 0 Å². The second-order valence-corrected chi connectivity index (χ2v) is 4.31. The van der Waals surface area contributed by atoms with E-state index < -0.39 is 0 Å². The molecule has 0 saturated carbocycles. The van der Waals surface area contributed by atoms with Gasteiger partial charge in [-0.3, -0.25) is 0 Å². The average molecular weight is 271 g/mol. The maximum atomic E-state index is 8.64. The summed E-state index contributed by atoms with van der Waals surface area (Å²) >= 11 is 0. The van der Waals surface area contributed by atoms with Gasteiger partial charge in [-0.2, -0.15) is 0 Å². The molecule has 20 heavy (non-hydrogen) atoms. The minimum Gasteiger partial charge on any atom is -0.409 e. The molecule has 6 heteroatoms. The van der Waals surface area contributed by atoms with Gasteiger partial charge < -0.3 is 15.8 Å². The van der Waals surface area contributed by atoms with E-state index in [0.717, 1.165) is 23.6 Å². The Labute approximate surface area is 117 Å². The van der Waals surface area contributed by atoms with E-state index in [1.807, 2.05) is 30.1 Å². The molecule has 104 valence electrons. The summed E-state index contributed by atoms with van der Waals surface area (Å²) in [5.74, 6) is 0.919. The van der Waals surface area contributed by atoms with Gasteiger partial charge in [0.2, 0.25) is 0 Å². The lowest BCUT2D eigenvalue weighted by Gasteiger charge is -2.18. The van der Waals surface area contributed by atoms with Gasteiger partial charge in [0.25, 0.3) is 0 Å². The Balaban J connectivity index is 2.26. The number of hydrogen-bond acceptors (Lipinski definition) is 5. The van der Waals surface area contributed by atoms with Crippen LogP contribution >= 0.6 is 0 Å². The molecule has 0 atom stereocenters. The molecule has 0 aliphatic carbocycles. The molecule has 2 aromatic rings. The highest BCUT2D eigenvalue weighted by molar-refractivity contribution is 5.97. The number of aryl methyl sites for hydroxylation is 1. The minimum absolute atomic E-state index is 0.0921. The first-order valence-corrected chi connectivity index (χ1v) is 6.28. The lowest BCUT2D eigenvalue weighted by molar-refractivity contribution is 0.318. The second kappa shape index (κ2) is 6.01. The SMILES string of the molecule is CCc1cc(N(C)c2ccc(C(N)=NO)cc2)ncn1. The van der Waals surface area contributed by atoms with Crippen LogP contribution in [0.15, 0.2) is 41.8 Å². The molecule has 0 spiro atoms. The number of rotatable bonds is 4. The van der Waals surface area contributed by atoms with E-state index in [9.17, 15) is 0 Å². The Morgan fingerprint density at radius 3 is 2.60 bits per heavy atom. The predicted octanol–water partition coefficient (Wildman–Crippen LogP) is 1.90. The highest BCUT2D eigenvalue weighted by Gasteiger charge is 2.07. The van der Waals surface area contributed by atoms with Gasteiger partial charge in [-0.15, -0.1) is 0 Å². The summed E-state index contributed by atoms with van der Waals surface area (Å²) in [5.41, 5.74) is 8.16. The number of benzene rings is 1. The van der Waals surface area contributed by atoms with Crippen molar-refractivity contribution in [2.75, 3.05) is 11.9 Å². The van der Waals surface area contributed by atoms with Crippen LogP contribution in [0, 0.1) is 0 Å². The van der Waals surface area contributed by atoms with Gasteiger partial charge in [-0.25, -0.2) is 9.97 Å². The fourth-order valence-corrected chi connectivity index (χ4v) is 1.81. The van der Waals surface area contributed by atoms with E-state index >= 15 is 0 Å². The molecule has 3 N–H and O–H groups in total. The topological polar surface area (TPSA) is 87.6 Å². The highest BCUT2D eigenvalue weighted by atomic mass is 16.4. The van der Waals surface area contributed by atoms with Crippen molar-refractivity contribution in [1.29, 1.82) is 0 Å². The monoisotopic (exact) mass is 271 g/mol. The number of hydrogen-bond donors (Lipinski definition) is 2. The molecule has 0 fully saturated rings. The molecule has 1 heterocycles. The molecule has 1 aromatic heterocycles. The van der Waals surface area contributed by atoms with Crippen LogP contribution in [-0.4, -0.2) is 28.1 Å². The fraction of sp³-hybridized carbons (Fsp3) is 0.214. The lowest BCUT2D eigenvalue weighted by Crippen LogP contribution is -2.14. The molecule has 0 amide bonds. The van der Waals surface area contributed by atoms with E-state index in [4.69, 9.17) is 10.9 Å². The summed E-state index contributed by atoms with van der Waals surface area (Å²) in [7, 11) is 1.93. The van der Waals surface area contributed by atoms with Gasteiger partial charge in [0.05, 0.1) is 0 Å². The van der Waals surface area contributed by atoms with E-state index in [1.165, 1.54) is 0 Å². The van der Waals surface area contributed by atoms with Gasteiger partial charge in [0.15, 0.2) is 5.84 Å². The molecule has 6 nitrogen and oxygen atoms in total. The van der Waals surface area contributed by atoms with Crippen LogP contribution in [0.25, 0.3) is 0 Å². The first-order valence-electron chi connectivity index (χ1n) is 6.28. The van der Waals surface area contributed by atoms with Crippen LogP contribution in [0.5, 0.6) is 0 Å². The molecular formula is C14H17N5O. The van der Waals surface area contributed by atoms with Gasteiger partial charge in [0, 0.05) is 30.1 Å². The summed E-state index contributed by atoms with van der Waals surface area (Å²) in [6.45, 7) is 2.05. The third kappa shape index (κ3) is 2.85. The Morgan fingerprint density at radius 1 is 1.30 bits per heavy atom. The van der Waals surface area contributed by atoms with Crippen molar-refractivity contribution >= 4 is 17.3 Å². The van der Waals surface area contributed by atoms with Crippen molar-refractivity contribution in [2.45, 2.75) is 13.3 Å². The molecule has 0 unspecified atom stereocenters. The Bertz CT molecular complexity index is 609. The van der Waals surface area contributed by atoms with Crippen molar-refractivity contribution < 1.29 is 5.21 Å². The Hall–Kier alpha value is -2.63. The maximum absolute atomic E-state index is 8.64. The number of oxime groups is 1. The molecule has 0 aliphatic rings. The van der Waals surface area contributed by atoms with Crippen LogP contribution in [-0.2, 0) is 6.42 Å². The van der Waals surface area contributed by atoms with Crippen LogP contribution < -0.4 is 10.6 Å². The number of amidine groups is 1. The third-order valence-corrected chi connectivity index (χ3v) is 3.07. The van der Waals surface area contributed by atoms with Crippen LogP contribution in [0.4, 0.5) is 11.5 Å². The van der Waals surface area contributed by atoms with Gasteiger partial charge >= 0.3 is 0 Å². The Morgan fingerprint density at radius 2 is 2.00 bits per heavy atom. The third-order valence-electron chi connectivity index (χ3n) is 3.07. The smallest absolute Gasteiger partial charge is 0.170 e. The summed E-state index contributed by atoms with van der Waals surface area (Å²) in [6, 6.07) is 9.32. The molecule has 0 saturated heterocycles. The largest absolute Gasteiger partial charge is 0.409 e. The number of aromatic nitrogens is 2. The standard InChI is InChI=1S/C14H17N5O/c1-3-11-8-13(17-9-16-11)19(2)12-6-4-10(5-7-12)14(15)18-20/h4-9,20H,3H2,1-2H3,(H2,15,18). The van der Waals surface area contributed by atoms with Crippen LogP contribution in [0.1, 0.15) is 18.2 Å². The summed E-state index contributed by atoms with van der Waals surface area (Å²) in [5, 5.41) is 11.6. The number of nitrogens with zero attached hydrogens (tertiary/aromatic N) is 4. The fourth-order valence-electron chi connectivity index (χ4n) is 1.81. The predicted molar refractivity (Wildman–Crippen MR) is 78.4 cm³/mol. The minimum atomic E-state index is 0.0921. The quantitative estimate of drug-likeness (QED) is 0.384. The molecule has 0 bridgehead atoms. The number of nitrogens with two attached hydrogens (primary N) is 1. The first-order chi connectivity index (χ1) is 9.65. The van der Waals surface area contributed by atoms with E-state index in [2.05, 4.69) is 22.0 Å². The van der Waals surface area contributed by atoms with E-state index in [-0.39, 0.29) is 5.84 Å². The van der Waals surface area contributed by atoms with Gasteiger partial charge in [-0.1, -0.05) is 12.1 Å². The van der Waals surface area contributed by atoms with Crippen molar-refractivity contribution in [3.05, 3.63) is 47.9 Å². The van der Waals surface area contributed by atoms with E-state index in [0.29, 0.717) is 5.56 Å². The molecule has 0 radical (unpaired) electrons. The van der Waals surface area contributed by atoms with Crippen molar-refractivity contribution in [1.82, 2.24) is 9.97 Å². The van der Waals surface area contributed by atoms with Crippen LogP contribution in [0.3, 0.4) is 0 Å². The zero-order valence-electron chi connectivity index (χ0n) is 11.5. The first kappa shape index (κ1) is 13.8. The highest BCUT2D eigenvalue weighted by Crippen LogP contribution is 2.22. The van der Waals surface area contributed by atoms with Crippen molar-refractivity contribution in [2.24, 2.45) is 10.9 Å². The maximum Gasteiger partial charge on any atom is 0.170 e. The molecule has 0 aliphatic heterocycles. The summed E-state index contributed by atoms with van der Waals surface area (Å²) in [4.78, 5) is 10.4. The zero-order chi connectivity index (χ0) is 14.5. The average Bonchev–Trinajstić information content (AvgIpc) is 2.53. The van der Waals surface area contributed by atoms with Crippen molar-refractivity contribution in [3.63, 3.8) is 0 Å². The molecule has 1 aromatic carbocycles. The zero-order valence-corrected chi connectivity index (χ0v) is 11.5. The normalized spacial score (nSPS) is 11.4. The van der Waals surface area contributed by atoms with Crippen molar-refractivity contribution in [3.8, 4) is 0 Å².